The molecule has 0 aromatic carbocycles. The molecule has 2 heterocycles. The third-order valence-corrected chi connectivity index (χ3v) is 2.48. The van der Waals surface area contributed by atoms with Crippen molar-refractivity contribution in [3.8, 4) is 10.7 Å². The molecule has 0 fully saturated rings. The fraction of sp³-hybridized carbons (Fsp3) is 0.333. The Morgan fingerprint density at radius 2 is 2.21 bits per heavy atom. The Hall–Kier alpha value is -1.36. The molecular weight excluding hydrogens is 196 g/mol. The Balaban J connectivity index is 2.41. The van der Waals surface area contributed by atoms with E-state index < -0.39 is 0 Å². The van der Waals surface area contributed by atoms with Gasteiger partial charge in [-0.25, -0.2) is 9.97 Å². The van der Waals surface area contributed by atoms with Crippen molar-refractivity contribution in [2.75, 3.05) is 0 Å². The third kappa shape index (κ3) is 1.77. The maximum Gasteiger partial charge on any atom is 0.166 e. The molecule has 2 aromatic heterocycles. The summed E-state index contributed by atoms with van der Waals surface area (Å²) in [6.45, 7) is 4.14. The van der Waals surface area contributed by atoms with Crippen LogP contribution in [0, 0.1) is 0 Å². The first-order chi connectivity index (χ1) is 6.77. The normalized spacial score (nSPS) is 10.8. The van der Waals surface area contributed by atoms with Crippen LogP contribution < -0.4 is 0 Å². The van der Waals surface area contributed by atoms with E-state index in [1.807, 2.05) is 6.07 Å². The monoisotopic (exact) mass is 206 g/mol. The maximum atomic E-state index is 4.41. The number of rotatable bonds is 2. The molecule has 2 aromatic rings. The quantitative estimate of drug-likeness (QED) is 0.755. The molecule has 0 saturated heterocycles. The Bertz CT molecular complexity index is 411. The molecule has 0 radical (unpaired) electrons. The number of aromatic nitrogens is 4. The minimum atomic E-state index is 0.336. The predicted molar refractivity (Wildman–Crippen MR) is 55.0 cm³/mol. The summed E-state index contributed by atoms with van der Waals surface area (Å²) in [5, 5.41) is 8.59. The summed E-state index contributed by atoms with van der Waals surface area (Å²) < 4.78 is 0. The average molecular weight is 206 g/mol. The molecule has 14 heavy (non-hydrogen) atoms. The molecule has 0 atom stereocenters. The zero-order chi connectivity index (χ0) is 9.97. The van der Waals surface area contributed by atoms with E-state index in [4.69, 9.17) is 0 Å². The van der Waals surface area contributed by atoms with Gasteiger partial charge in [0, 0.05) is 12.1 Å². The highest BCUT2D eigenvalue weighted by atomic mass is 32.1. The Morgan fingerprint density at radius 3 is 2.86 bits per heavy atom. The van der Waals surface area contributed by atoms with Gasteiger partial charge in [-0.15, -0.1) is 10.2 Å². The molecule has 72 valence electrons. The van der Waals surface area contributed by atoms with Crippen LogP contribution in [0.15, 0.2) is 17.8 Å². The van der Waals surface area contributed by atoms with E-state index in [-0.39, 0.29) is 0 Å². The lowest BCUT2D eigenvalue weighted by atomic mass is 10.2. The molecule has 5 heteroatoms. The first-order valence-electron chi connectivity index (χ1n) is 4.37. The zero-order valence-electron chi connectivity index (χ0n) is 8.01. The van der Waals surface area contributed by atoms with Gasteiger partial charge in [-0.2, -0.15) is 0 Å². The lowest BCUT2D eigenvalue weighted by Crippen LogP contribution is -1.97. The molecule has 0 unspecified atom stereocenters. The average Bonchev–Trinajstić information content (AvgIpc) is 2.71. The second-order valence-electron chi connectivity index (χ2n) is 3.20. The molecule has 0 aliphatic heterocycles. The Labute approximate surface area is 86.1 Å². The molecule has 4 nitrogen and oxygen atoms in total. The van der Waals surface area contributed by atoms with Crippen LogP contribution in [0.5, 0.6) is 0 Å². The van der Waals surface area contributed by atoms with E-state index in [1.165, 1.54) is 11.3 Å². The number of hydrogen-bond acceptors (Lipinski definition) is 5. The van der Waals surface area contributed by atoms with Gasteiger partial charge >= 0.3 is 0 Å². The summed E-state index contributed by atoms with van der Waals surface area (Å²) in [5.41, 5.74) is 2.55. The molecule has 0 bridgehead atoms. The van der Waals surface area contributed by atoms with Crippen LogP contribution in [0.4, 0.5) is 0 Å². The zero-order valence-corrected chi connectivity index (χ0v) is 8.82. The van der Waals surface area contributed by atoms with Crippen molar-refractivity contribution >= 4 is 11.3 Å². The number of hydrogen-bond donors (Lipinski definition) is 0. The molecule has 2 rings (SSSR count). The minimum absolute atomic E-state index is 0.336. The van der Waals surface area contributed by atoms with Crippen molar-refractivity contribution in [3.63, 3.8) is 0 Å². The van der Waals surface area contributed by atoms with Crippen LogP contribution in [0.2, 0.25) is 0 Å². The van der Waals surface area contributed by atoms with Crippen molar-refractivity contribution < 1.29 is 0 Å². The van der Waals surface area contributed by atoms with Crippen molar-refractivity contribution in [2.45, 2.75) is 19.8 Å². The molecule has 0 N–H and O–H groups in total. The highest BCUT2D eigenvalue weighted by molar-refractivity contribution is 7.12. The summed E-state index contributed by atoms with van der Waals surface area (Å²) in [4.78, 5) is 8.61. The van der Waals surface area contributed by atoms with E-state index in [9.17, 15) is 0 Å². The Morgan fingerprint density at radius 1 is 1.36 bits per heavy atom. The van der Waals surface area contributed by atoms with E-state index in [2.05, 4.69) is 34.0 Å². The fourth-order valence-corrected chi connectivity index (χ4v) is 1.58. The largest absolute Gasteiger partial charge is 0.241 e. The first kappa shape index (κ1) is 9.21. The van der Waals surface area contributed by atoms with Gasteiger partial charge in [-0.1, -0.05) is 25.2 Å². The smallest absolute Gasteiger partial charge is 0.166 e. The lowest BCUT2D eigenvalue weighted by molar-refractivity contribution is 0.775. The minimum Gasteiger partial charge on any atom is -0.241 e. The third-order valence-electron chi connectivity index (χ3n) is 1.77. The predicted octanol–water partition coefficient (Wildman–Crippen LogP) is 2.12. The summed E-state index contributed by atoms with van der Waals surface area (Å²) in [7, 11) is 0. The van der Waals surface area contributed by atoms with Gasteiger partial charge < -0.3 is 0 Å². The molecular formula is C9H10N4S. The topological polar surface area (TPSA) is 51.6 Å². The molecule has 0 saturated carbocycles. The first-order valence-corrected chi connectivity index (χ1v) is 5.25. The molecule has 0 aliphatic rings. The van der Waals surface area contributed by atoms with Crippen LogP contribution in [-0.4, -0.2) is 20.2 Å². The van der Waals surface area contributed by atoms with Crippen LogP contribution in [0.3, 0.4) is 0 Å². The van der Waals surface area contributed by atoms with Gasteiger partial charge in [-0.3, -0.25) is 0 Å². The van der Waals surface area contributed by atoms with Crippen LogP contribution in [-0.2, 0) is 0 Å². The summed E-state index contributed by atoms with van der Waals surface area (Å²) in [6.07, 6.45) is 1.76. The standard InChI is InChI=1S/C9H10N4S/c1-6(2)8-10-4-3-7(12-8)9-13-11-5-14-9/h3-6H,1-2H3. The van der Waals surface area contributed by atoms with Gasteiger partial charge in [0.15, 0.2) is 5.01 Å². The van der Waals surface area contributed by atoms with Crippen molar-refractivity contribution in [3.05, 3.63) is 23.6 Å². The fourth-order valence-electron chi connectivity index (χ4n) is 1.06. The van der Waals surface area contributed by atoms with Crippen LogP contribution in [0.25, 0.3) is 10.7 Å². The maximum absolute atomic E-state index is 4.41. The van der Waals surface area contributed by atoms with Gasteiger partial charge in [0.2, 0.25) is 0 Å². The van der Waals surface area contributed by atoms with Crippen LogP contribution >= 0.6 is 11.3 Å². The van der Waals surface area contributed by atoms with E-state index in [1.54, 1.807) is 11.7 Å². The lowest BCUT2D eigenvalue weighted by Gasteiger charge is -2.03. The van der Waals surface area contributed by atoms with Crippen molar-refractivity contribution in [1.82, 2.24) is 20.2 Å². The van der Waals surface area contributed by atoms with Gasteiger partial charge in [0.1, 0.15) is 17.0 Å². The van der Waals surface area contributed by atoms with Crippen molar-refractivity contribution in [1.29, 1.82) is 0 Å². The van der Waals surface area contributed by atoms with Crippen molar-refractivity contribution in [2.24, 2.45) is 0 Å². The van der Waals surface area contributed by atoms with Gasteiger partial charge in [-0.05, 0) is 6.07 Å². The Kier molecular flexibility index (Phi) is 2.49. The summed E-state index contributed by atoms with van der Waals surface area (Å²) >= 11 is 1.48. The second kappa shape index (κ2) is 3.79. The highest BCUT2D eigenvalue weighted by Crippen LogP contribution is 2.19. The van der Waals surface area contributed by atoms with Crippen LogP contribution in [0.1, 0.15) is 25.6 Å². The summed E-state index contributed by atoms with van der Waals surface area (Å²) in [6, 6.07) is 1.85. The highest BCUT2D eigenvalue weighted by Gasteiger charge is 2.07. The van der Waals surface area contributed by atoms with Gasteiger partial charge in [0.25, 0.3) is 0 Å². The number of nitrogens with zero attached hydrogens (tertiary/aromatic N) is 4. The second-order valence-corrected chi connectivity index (χ2v) is 4.03. The van der Waals surface area contributed by atoms with E-state index >= 15 is 0 Å². The van der Waals surface area contributed by atoms with Gasteiger partial charge in [0.05, 0.1) is 0 Å². The molecule has 0 spiro atoms. The van der Waals surface area contributed by atoms with E-state index in [0.717, 1.165) is 16.5 Å². The summed E-state index contributed by atoms with van der Waals surface area (Å²) in [5.74, 6) is 1.18. The SMILES string of the molecule is CC(C)c1nccc(-c2nncs2)n1. The van der Waals surface area contributed by atoms with E-state index in [0.29, 0.717) is 5.92 Å². The molecule has 0 amide bonds. The molecule has 0 aliphatic carbocycles.